The van der Waals surface area contributed by atoms with Crippen LogP contribution in [-0.2, 0) is 11.3 Å². The Hall–Kier alpha value is -3.20. The fourth-order valence-electron chi connectivity index (χ4n) is 1.96. The minimum atomic E-state index is -0.607. The lowest BCUT2D eigenvalue weighted by Crippen LogP contribution is -2.23. The van der Waals surface area contributed by atoms with E-state index < -0.39 is 17.6 Å². The quantitative estimate of drug-likeness (QED) is 0.890. The van der Waals surface area contributed by atoms with E-state index in [2.05, 4.69) is 10.6 Å². The second kappa shape index (κ2) is 7.71. The lowest BCUT2D eigenvalue weighted by molar-refractivity contribution is -0.120. The smallest absolute Gasteiger partial charge is 0.258 e. The number of rotatable bonds is 5. The normalized spacial score (nSPS) is 9.74. The molecule has 116 valence electrons. The summed E-state index contributed by atoms with van der Waals surface area (Å²) in [7, 11) is 0. The summed E-state index contributed by atoms with van der Waals surface area (Å²) in [5, 5.41) is 13.7. The van der Waals surface area contributed by atoms with Crippen LogP contribution < -0.4 is 10.6 Å². The zero-order chi connectivity index (χ0) is 16.7. The first-order chi connectivity index (χ1) is 11.1. The third kappa shape index (κ3) is 4.38. The summed E-state index contributed by atoms with van der Waals surface area (Å²) in [6.07, 6.45) is -0.232. The number of carbonyl (C=O) groups is 2. The molecule has 0 aliphatic carbocycles. The summed E-state index contributed by atoms with van der Waals surface area (Å²) in [5.41, 5.74) is 1.07. The third-order valence-corrected chi connectivity index (χ3v) is 3.10. The summed E-state index contributed by atoms with van der Waals surface area (Å²) in [4.78, 5) is 23.5. The number of nitrogens with zero attached hydrogens (tertiary/aromatic N) is 1. The number of halogens is 1. The van der Waals surface area contributed by atoms with E-state index in [1.807, 2.05) is 0 Å². The van der Waals surface area contributed by atoms with Gasteiger partial charge in [0.15, 0.2) is 0 Å². The second-order valence-corrected chi connectivity index (χ2v) is 4.70. The first kappa shape index (κ1) is 16.2. The third-order valence-electron chi connectivity index (χ3n) is 3.10. The van der Waals surface area contributed by atoms with Crippen LogP contribution in [0.15, 0.2) is 48.5 Å². The Morgan fingerprint density at radius 2 is 1.78 bits per heavy atom. The van der Waals surface area contributed by atoms with Crippen LogP contribution in [0.5, 0.6) is 0 Å². The molecule has 0 unspecified atom stereocenters. The van der Waals surface area contributed by atoms with E-state index in [1.165, 1.54) is 18.2 Å². The Bertz CT molecular complexity index is 768. The monoisotopic (exact) mass is 311 g/mol. The topological polar surface area (TPSA) is 82.0 Å². The van der Waals surface area contributed by atoms with Crippen molar-refractivity contribution in [3.63, 3.8) is 0 Å². The summed E-state index contributed by atoms with van der Waals surface area (Å²) in [6.45, 7) is 0.161. The Balaban J connectivity index is 2.11. The largest absolute Gasteiger partial charge is 0.351 e. The molecular formula is C17H14FN3O2. The average Bonchev–Trinajstić information content (AvgIpc) is 2.54. The lowest BCUT2D eigenvalue weighted by atomic mass is 10.1. The van der Waals surface area contributed by atoms with Crippen molar-refractivity contribution in [2.75, 3.05) is 5.32 Å². The average molecular weight is 311 g/mol. The van der Waals surface area contributed by atoms with Gasteiger partial charge in [0, 0.05) is 12.2 Å². The highest BCUT2D eigenvalue weighted by molar-refractivity contribution is 6.04. The van der Waals surface area contributed by atoms with Crippen LogP contribution in [0.3, 0.4) is 0 Å². The molecule has 23 heavy (non-hydrogen) atoms. The maximum absolute atomic E-state index is 13.6. The molecule has 0 saturated heterocycles. The molecule has 0 aliphatic heterocycles. The van der Waals surface area contributed by atoms with Crippen molar-refractivity contribution in [1.82, 2.24) is 5.32 Å². The first-order valence-corrected chi connectivity index (χ1v) is 6.89. The van der Waals surface area contributed by atoms with E-state index in [-0.39, 0.29) is 18.5 Å². The van der Waals surface area contributed by atoms with Crippen LogP contribution in [0.2, 0.25) is 0 Å². The molecule has 2 aromatic rings. The summed E-state index contributed by atoms with van der Waals surface area (Å²) in [6, 6.07) is 14.3. The fraction of sp³-hybridized carbons (Fsp3) is 0.118. The standard InChI is InChI=1S/C17H14FN3O2/c18-14-7-3-2-6-13(14)17(23)21-15-8-4-1-5-12(15)11-20-16(22)9-10-19/h1-8H,9,11H2,(H,20,22)(H,21,23). The van der Waals surface area contributed by atoms with Gasteiger partial charge in [0.2, 0.25) is 5.91 Å². The van der Waals surface area contributed by atoms with Crippen molar-refractivity contribution < 1.29 is 14.0 Å². The molecule has 2 aromatic carbocycles. The van der Waals surface area contributed by atoms with Crippen LogP contribution >= 0.6 is 0 Å². The van der Waals surface area contributed by atoms with Gasteiger partial charge in [-0.05, 0) is 23.8 Å². The number of benzene rings is 2. The van der Waals surface area contributed by atoms with Crippen molar-refractivity contribution in [3.05, 3.63) is 65.5 Å². The fourth-order valence-corrected chi connectivity index (χ4v) is 1.96. The molecule has 0 atom stereocenters. The maximum atomic E-state index is 13.6. The Kier molecular flexibility index (Phi) is 5.42. The molecule has 2 amide bonds. The molecule has 0 fully saturated rings. The van der Waals surface area contributed by atoms with Gasteiger partial charge in [-0.15, -0.1) is 0 Å². The predicted octanol–water partition coefficient (Wildman–Crippen LogP) is 2.61. The van der Waals surface area contributed by atoms with Crippen LogP contribution in [0.25, 0.3) is 0 Å². The van der Waals surface area contributed by atoms with E-state index in [4.69, 9.17) is 5.26 Å². The molecule has 2 rings (SSSR count). The number of carbonyl (C=O) groups excluding carboxylic acids is 2. The molecule has 5 nitrogen and oxygen atoms in total. The zero-order valence-electron chi connectivity index (χ0n) is 12.2. The van der Waals surface area contributed by atoms with Crippen LogP contribution in [-0.4, -0.2) is 11.8 Å². The number of para-hydroxylation sites is 1. The van der Waals surface area contributed by atoms with Gasteiger partial charge in [0.25, 0.3) is 5.91 Å². The molecular weight excluding hydrogens is 297 g/mol. The number of nitriles is 1. The summed E-state index contributed by atoms with van der Waals surface area (Å²) >= 11 is 0. The second-order valence-electron chi connectivity index (χ2n) is 4.70. The van der Waals surface area contributed by atoms with Gasteiger partial charge >= 0.3 is 0 Å². The van der Waals surface area contributed by atoms with Gasteiger partial charge in [-0.2, -0.15) is 5.26 Å². The highest BCUT2D eigenvalue weighted by Gasteiger charge is 2.13. The summed E-state index contributed by atoms with van der Waals surface area (Å²) < 4.78 is 13.6. The molecule has 0 heterocycles. The minimum Gasteiger partial charge on any atom is -0.351 e. The SMILES string of the molecule is N#CCC(=O)NCc1ccccc1NC(=O)c1ccccc1F. The molecule has 6 heteroatoms. The Morgan fingerprint density at radius 1 is 1.09 bits per heavy atom. The number of hydrogen-bond donors (Lipinski definition) is 2. The van der Waals surface area contributed by atoms with Gasteiger partial charge < -0.3 is 10.6 Å². The molecule has 0 aliphatic rings. The molecule has 0 bridgehead atoms. The van der Waals surface area contributed by atoms with Crippen LogP contribution in [0.4, 0.5) is 10.1 Å². The Morgan fingerprint density at radius 3 is 2.52 bits per heavy atom. The van der Waals surface area contributed by atoms with E-state index in [9.17, 15) is 14.0 Å². The van der Waals surface area contributed by atoms with E-state index in [0.717, 1.165) is 0 Å². The van der Waals surface area contributed by atoms with Gasteiger partial charge in [-0.3, -0.25) is 9.59 Å². The van der Waals surface area contributed by atoms with Gasteiger partial charge in [0.05, 0.1) is 11.6 Å². The van der Waals surface area contributed by atoms with Crippen molar-refractivity contribution >= 4 is 17.5 Å². The highest BCUT2D eigenvalue weighted by atomic mass is 19.1. The molecule has 0 spiro atoms. The number of anilines is 1. The highest BCUT2D eigenvalue weighted by Crippen LogP contribution is 2.17. The van der Waals surface area contributed by atoms with Crippen molar-refractivity contribution in [2.24, 2.45) is 0 Å². The molecule has 0 saturated carbocycles. The summed E-state index contributed by atoms with van der Waals surface area (Å²) in [5.74, 6) is -1.58. The van der Waals surface area contributed by atoms with Gasteiger partial charge in [0.1, 0.15) is 12.2 Å². The van der Waals surface area contributed by atoms with Crippen molar-refractivity contribution in [3.8, 4) is 6.07 Å². The first-order valence-electron chi connectivity index (χ1n) is 6.89. The van der Waals surface area contributed by atoms with Crippen LogP contribution in [0, 0.1) is 17.1 Å². The lowest BCUT2D eigenvalue weighted by Gasteiger charge is -2.12. The van der Waals surface area contributed by atoms with E-state index in [1.54, 1.807) is 36.4 Å². The van der Waals surface area contributed by atoms with Crippen molar-refractivity contribution in [1.29, 1.82) is 5.26 Å². The minimum absolute atomic E-state index is 0.0594. The van der Waals surface area contributed by atoms with Crippen molar-refractivity contribution in [2.45, 2.75) is 13.0 Å². The molecule has 0 radical (unpaired) electrons. The number of nitrogens with one attached hydrogen (secondary N) is 2. The van der Waals surface area contributed by atoms with Gasteiger partial charge in [-0.1, -0.05) is 30.3 Å². The Labute approximate surface area is 132 Å². The van der Waals surface area contributed by atoms with E-state index in [0.29, 0.717) is 11.3 Å². The van der Waals surface area contributed by atoms with E-state index >= 15 is 0 Å². The van der Waals surface area contributed by atoms with Crippen LogP contribution in [0.1, 0.15) is 22.3 Å². The maximum Gasteiger partial charge on any atom is 0.258 e. The zero-order valence-corrected chi connectivity index (χ0v) is 12.2. The number of amides is 2. The molecule has 2 N–H and O–H groups in total. The molecule has 0 aromatic heterocycles. The predicted molar refractivity (Wildman–Crippen MR) is 82.9 cm³/mol. The van der Waals surface area contributed by atoms with Gasteiger partial charge in [-0.25, -0.2) is 4.39 Å². The number of hydrogen-bond acceptors (Lipinski definition) is 3.